The average molecular weight is 385 g/mol. The third kappa shape index (κ3) is 2.79. The summed E-state index contributed by atoms with van der Waals surface area (Å²) < 4.78 is 12.4. The fourth-order valence-electron chi connectivity index (χ4n) is 2.73. The fourth-order valence-corrected chi connectivity index (χ4v) is 2.87. The average Bonchev–Trinajstić information content (AvgIpc) is 3.31. The second kappa shape index (κ2) is 6.09. The lowest BCUT2D eigenvalue weighted by Crippen LogP contribution is -2.29. The number of aromatic nitrogens is 5. The number of ether oxygens (including phenoxy) is 1. The summed E-state index contributed by atoms with van der Waals surface area (Å²) in [4.78, 5) is 1.92. The molecule has 4 heterocycles. The minimum absolute atomic E-state index is 0.164. The van der Waals surface area contributed by atoms with Crippen molar-refractivity contribution in [1.82, 2.24) is 34.9 Å². The summed E-state index contributed by atoms with van der Waals surface area (Å²) in [6, 6.07) is 3.43. The van der Waals surface area contributed by atoms with E-state index < -0.39 is 0 Å². The molecule has 0 atom stereocenters. The summed E-state index contributed by atoms with van der Waals surface area (Å²) in [5.74, 6) is 0.870. The van der Waals surface area contributed by atoms with E-state index in [9.17, 15) is 0 Å². The first-order valence-corrected chi connectivity index (χ1v) is 8.45. The number of hydrogen-bond acceptors (Lipinski definition) is 9. The number of hydrogen-bond donors (Lipinski definition) is 0. The van der Waals surface area contributed by atoms with Crippen molar-refractivity contribution in [2.75, 3.05) is 20.4 Å². The van der Waals surface area contributed by atoms with Crippen molar-refractivity contribution in [2.24, 2.45) is 5.10 Å². The topological polar surface area (TPSA) is 97.2 Å². The molecule has 3 aromatic rings. The zero-order valence-corrected chi connectivity index (χ0v) is 14.9. The molecule has 1 aliphatic heterocycles. The van der Waals surface area contributed by atoms with Crippen LogP contribution in [0.4, 0.5) is 0 Å². The van der Waals surface area contributed by atoms with Gasteiger partial charge in [-0.1, -0.05) is 23.4 Å². The molecule has 11 heteroatoms. The van der Waals surface area contributed by atoms with Crippen LogP contribution in [0, 0.1) is 0 Å². The Morgan fingerprint density at radius 1 is 1.30 bits per heavy atom. The summed E-state index contributed by atoms with van der Waals surface area (Å²) in [5, 5.41) is 22.9. The van der Waals surface area contributed by atoms with Crippen LogP contribution in [0.15, 0.2) is 40.0 Å². The number of allylic oxidation sites excluding steroid dienone is 4. The second-order valence-electron chi connectivity index (χ2n) is 6.05. The molecule has 0 fully saturated rings. The van der Waals surface area contributed by atoms with Gasteiger partial charge in [-0.25, -0.2) is 0 Å². The second-order valence-corrected chi connectivity index (χ2v) is 6.42. The van der Waals surface area contributed by atoms with Gasteiger partial charge in [0.05, 0.1) is 0 Å². The van der Waals surface area contributed by atoms with Crippen molar-refractivity contribution >= 4 is 29.2 Å². The molecule has 0 spiro atoms. The Morgan fingerprint density at radius 3 is 2.85 bits per heavy atom. The van der Waals surface area contributed by atoms with Crippen molar-refractivity contribution < 1.29 is 9.26 Å². The molecule has 0 radical (unpaired) electrons. The summed E-state index contributed by atoms with van der Waals surface area (Å²) in [6.07, 6.45) is 7.65. The van der Waals surface area contributed by atoms with E-state index in [1.165, 1.54) is 0 Å². The molecule has 3 aromatic heterocycles. The Morgan fingerprint density at radius 2 is 2.19 bits per heavy atom. The highest BCUT2D eigenvalue weighted by molar-refractivity contribution is 6.29. The Kier molecular flexibility index (Phi) is 3.57. The van der Waals surface area contributed by atoms with Crippen LogP contribution in [-0.4, -0.2) is 61.7 Å². The number of halogens is 1. The maximum Gasteiger partial charge on any atom is 0.241 e. The maximum absolute atomic E-state index is 5.98. The van der Waals surface area contributed by atoms with Gasteiger partial charge in [-0.3, -0.25) is 5.01 Å². The standard InChI is InChI=1S/C16H13ClN8O2/c1-23-8-24(7-18-23)9-26-16-11(10-3-2-4-10)5-14-19-20-15(25(14)21-16)12-6-13(17)27-22-12/h2-7H,8-9H2,1H3. The molecule has 0 unspecified atom stereocenters. The monoisotopic (exact) mass is 384 g/mol. The van der Waals surface area contributed by atoms with E-state index >= 15 is 0 Å². The molecular weight excluding hydrogens is 372 g/mol. The highest BCUT2D eigenvalue weighted by Crippen LogP contribution is 2.31. The van der Waals surface area contributed by atoms with E-state index in [1.54, 1.807) is 16.9 Å². The zero-order valence-electron chi connectivity index (χ0n) is 14.2. The largest absolute Gasteiger partial charge is 0.455 e. The van der Waals surface area contributed by atoms with Crippen LogP contribution in [0.3, 0.4) is 0 Å². The highest BCUT2D eigenvalue weighted by atomic mass is 35.5. The third-order valence-electron chi connectivity index (χ3n) is 4.10. The fraction of sp³-hybridized carbons (Fsp3) is 0.188. The molecule has 0 amide bonds. The smallest absolute Gasteiger partial charge is 0.241 e. The Bertz CT molecular complexity index is 1120. The zero-order chi connectivity index (χ0) is 18.4. The molecule has 0 N–H and O–H groups in total. The molecule has 5 rings (SSSR count). The first-order valence-electron chi connectivity index (χ1n) is 8.07. The molecule has 0 saturated carbocycles. The lowest BCUT2D eigenvalue weighted by Gasteiger charge is -2.18. The van der Waals surface area contributed by atoms with Crippen LogP contribution in [0.25, 0.3) is 22.7 Å². The molecule has 0 aromatic carbocycles. The van der Waals surface area contributed by atoms with Gasteiger partial charge in [-0.05, 0) is 23.2 Å². The van der Waals surface area contributed by atoms with Crippen molar-refractivity contribution in [3.63, 3.8) is 0 Å². The highest BCUT2D eigenvalue weighted by Gasteiger charge is 2.20. The predicted molar refractivity (Wildman–Crippen MR) is 96.9 cm³/mol. The molecule has 10 nitrogen and oxygen atoms in total. The number of nitrogens with zero attached hydrogens (tertiary/aromatic N) is 8. The third-order valence-corrected chi connectivity index (χ3v) is 4.28. The molecule has 0 saturated heterocycles. The van der Waals surface area contributed by atoms with Crippen molar-refractivity contribution in [3.8, 4) is 17.4 Å². The van der Waals surface area contributed by atoms with E-state index in [0.717, 1.165) is 11.1 Å². The van der Waals surface area contributed by atoms with Crippen LogP contribution in [0.2, 0.25) is 5.22 Å². The van der Waals surface area contributed by atoms with Crippen LogP contribution in [0.5, 0.6) is 5.88 Å². The van der Waals surface area contributed by atoms with E-state index in [4.69, 9.17) is 20.9 Å². The Hall–Kier alpha value is -3.40. The molecule has 136 valence electrons. The van der Waals surface area contributed by atoms with Gasteiger partial charge in [0, 0.05) is 18.7 Å². The summed E-state index contributed by atoms with van der Waals surface area (Å²) in [6.45, 7) is 0.957. The number of fused-ring (bicyclic) bond motifs is 1. The molecule has 2 aliphatic rings. The summed E-state index contributed by atoms with van der Waals surface area (Å²) >= 11 is 5.82. The van der Waals surface area contributed by atoms with Gasteiger partial charge in [0.25, 0.3) is 0 Å². The lowest BCUT2D eigenvalue weighted by molar-refractivity contribution is 0.157. The van der Waals surface area contributed by atoms with Gasteiger partial charge in [0.15, 0.2) is 18.1 Å². The minimum atomic E-state index is 0.164. The normalized spacial score (nSPS) is 15.6. The number of hydrazone groups is 1. The first-order chi connectivity index (χ1) is 13.2. The Balaban J connectivity index is 1.53. The summed E-state index contributed by atoms with van der Waals surface area (Å²) in [7, 11) is 1.89. The van der Waals surface area contributed by atoms with Gasteiger partial charge in [-0.15, -0.1) is 15.3 Å². The van der Waals surface area contributed by atoms with Crippen molar-refractivity contribution in [3.05, 3.63) is 41.1 Å². The lowest BCUT2D eigenvalue weighted by atomic mass is 10.0. The molecular formula is C16H13ClN8O2. The SMILES string of the molecule is CN1CN(COc2nn3c(-c4cc(Cl)on4)nnc3cc2C2=CC=C2)C=N1. The van der Waals surface area contributed by atoms with Gasteiger partial charge in [0.2, 0.25) is 16.9 Å². The van der Waals surface area contributed by atoms with E-state index in [0.29, 0.717) is 36.4 Å². The first kappa shape index (κ1) is 15.8. The van der Waals surface area contributed by atoms with E-state index in [1.807, 2.05) is 41.3 Å². The van der Waals surface area contributed by atoms with Crippen LogP contribution >= 0.6 is 11.6 Å². The number of rotatable bonds is 5. The molecule has 1 aliphatic carbocycles. The minimum Gasteiger partial charge on any atom is -0.455 e. The quantitative estimate of drug-likeness (QED) is 0.657. The van der Waals surface area contributed by atoms with E-state index in [2.05, 4.69) is 25.6 Å². The summed E-state index contributed by atoms with van der Waals surface area (Å²) in [5.41, 5.74) is 2.86. The molecule has 0 bridgehead atoms. The van der Waals surface area contributed by atoms with Crippen LogP contribution in [0.1, 0.15) is 5.56 Å². The molecule has 27 heavy (non-hydrogen) atoms. The van der Waals surface area contributed by atoms with Gasteiger partial charge in [0.1, 0.15) is 13.0 Å². The van der Waals surface area contributed by atoms with Gasteiger partial charge in [-0.2, -0.15) is 9.62 Å². The van der Waals surface area contributed by atoms with E-state index in [-0.39, 0.29) is 5.22 Å². The van der Waals surface area contributed by atoms with Crippen molar-refractivity contribution in [2.45, 2.75) is 0 Å². The Labute approximate surface area is 157 Å². The maximum atomic E-state index is 5.98. The predicted octanol–water partition coefficient (Wildman–Crippen LogP) is 1.87. The van der Waals surface area contributed by atoms with Gasteiger partial charge >= 0.3 is 0 Å². The van der Waals surface area contributed by atoms with Crippen molar-refractivity contribution in [1.29, 1.82) is 0 Å². The van der Waals surface area contributed by atoms with Crippen LogP contribution in [-0.2, 0) is 0 Å². The van der Waals surface area contributed by atoms with Gasteiger partial charge < -0.3 is 14.2 Å². The van der Waals surface area contributed by atoms with Crippen LogP contribution < -0.4 is 4.74 Å².